The molecule has 0 bridgehead atoms. The highest BCUT2D eigenvalue weighted by Crippen LogP contribution is 2.25. The van der Waals surface area contributed by atoms with Crippen LogP contribution >= 0.6 is 11.8 Å². The molecule has 2 aliphatic rings. The van der Waals surface area contributed by atoms with Gasteiger partial charge in [0.2, 0.25) is 10.0 Å². The van der Waals surface area contributed by atoms with Crippen LogP contribution in [0.25, 0.3) is 0 Å². The number of carbonyl (C=O) groups is 1. The highest BCUT2D eigenvalue weighted by molar-refractivity contribution is 7.99. The fourth-order valence-electron chi connectivity index (χ4n) is 3.81. The van der Waals surface area contributed by atoms with Crippen LogP contribution in [-0.4, -0.2) is 42.3 Å². The second-order valence-corrected chi connectivity index (χ2v) is 10.3. The molecule has 4 rings (SSSR count). The number of Topliss-reactive ketones (excluding diaryl/α,β-unsaturated/α-hetero) is 1. The Balaban J connectivity index is 1.39. The molecule has 1 aromatic heterocycles. The van der Waals surface area contributed by atoms with Crippen molar-refractivity contribution in [2.45, 2.75) is 48.4 Å². The Kier molecular flexibility index (Phi) is 5.85. The number of hydrogen-bond acceptors (Lipinski definition) is 5. The zero-order valence-electron chi connectivity index (χ0n) is 15.8. The number of rotatable bonds is 6. The summed E-state index contributed by atoms with van der Waals surface area (Å²) < 4.78 is 26.6. The molecule has 0 unspecified atom stereocenters. The summed E-state index contributed by atoms with van der Waals surface area (Å²) in [5.74, 6) is 0.373. The van der Waals surface area contributed by atoms with Crippen LogP contribution in [-0.2, 0) is 22.9 Å². The van der Waals surface area contributed by atoms with Crippen LogP contribution in [0.15, 0.2) is 46.5 Å². The minimum atomic E-state index is -3.44. The number of aryl methyl sites for hydroxylation is 2. The van der Waals surface area contributed by atoms with Gasteiger partial charge >= 0.3 is 0 Å². The van der Waals surface area contributed by atoms with E-state index in [-0.39, 0.29) is 10.7 Å². The molecule has 0 spiro atoms. The van der Waals surface area contributed by atoms with Crippen molar-refractivity contribution in [1.29, 1.82) is 0 Å². The van der Waals surface area contributed by atoms with Gasteiger partial charge in [-0.1, -0.05) is 23.9 Å². The lowest BCUT2D eigenvalue weighted by atomic mass is 9.90. The van der Waals surface area contributed by atoms with E-state index < -0.39 is 10.0 Å². The molecule has 1 saturated heterocycles. The van der Waals surface area contributed by atoms with E-state index in [4.69, 9.17) is 0 Å². The number of fused-ring (bicyclic) bond motifs is 1. The molecule has 7 heteroatoms. The van der Waals surface area contributed by atoms with Gasteiger partial charge in [0.25, 0.3) is 0 Å². The second-order valence-electron chi connectivity index (χ2n) is 7.35. The van der Waals surface area contributed by atoms with Gasteiger partial charge in [-0.2, -0.15) is 4.31 Å². The molecule has 1 fully saturated rings. The average molecular weight is 417 g/mol. The summed E-state index contributed by atoms with van der Waals surface area (Å²) >= 11 is 1.34. The van der Waals surface area contributed by atoms with Crippen molar-refractivity contribution in [1.82, 2.24) is 9.29 Å². The zero-order valence-corrected chi connectivity index (χ0v) is 17.4. The molecule has 0 saturated carbocycles. The number of aromatic nitrogens is 1. The fourth-order valence-corrected chi connectivity index (χ4v) is 6.01. The van der Waals surface area contributed by atoms with Crippen molar-refractivity contribution in [3.63, 3.8) is 0 Å². The number of sulfonamides is 1. The molecule has 1 aromatic carbocycles. The van der Waals surface area contributed by atoms with Crippen LogP contribution in [0.5, 0.6) is 0 Å². The van der Waals surface area contributed by atoms with Gasteiger partial charge in [0.15, 0.2) is 5.78 Å². The van der Waals surface area contributed by atoms with Gasteiger partial charge < -0.3 is 0 Å². The Morgan fingerprint density at radius 3 is 2.46 bits per heavy atom. The summed E-state index contributed by atoms with van der Waals surface area (Å²) in [6.45, 7) is 1.15. The van der Waals surface area contributed by atoms with Crippen LogP contribution < -0.4 is 0 Å². The smallest absolute Gasteiger partial charge is 0.244 e. The lowest BCUT2D eigenvalue weighted by Gasteiger charge is -2.16. The molecular weight excluding hydrogens is 392 g/mol. The Hall–Kier alpha value is -1.70. The number of nitrogens with zero attached hydrogens (tertiary/aromatic N) is 2. The Morgan fingerprint density at radius 2 is 1.75 bits per heavy atom. The molecule has 2 heterocycles. The number of ketones is 1. The Labute approximate surface area is 170 Å². The SMILES string of the molecule is O=C(CSc1ccc(S(=O)(=O)N2CCCC2)cn1)c1ccc2c(c1)CCCC2. The van der Waals surface area contributed by atoms with Crippen LogP contribution in [0, 0.1) is 0 Å². The summed E-state index contributed by atoms with van der Waals surface area (Å²) in [7, 11) is -3.44. The van der Waals surface area contributed by atoms with Gasteiger partial charge in [-0.05, 0) is 67.9 Å². The maximum Gasteiger partial charge on any atom is 0.244 e. The van der Waals surface area contributed by atoms with Crippen molar-refractivity contribution < 1.29 is 13.2 Å². The molecule has 1 aliphatic carbocycles. The summed E-state index contributed by atoms with van der Waals surface area (Å²) in [6, 6.07) is 9.32. The molecule has 0 radical (unpaired) electrons. The quantitative estimate of drug-likeness (QED) is 0.530. The van der Waals surface area contributed by atoms with E-state index in [9.17, 15) is 13.2 Å². The maximum atomic E-state index is 12.6. The van der Waals surface area contributed by atoms with Gasteiger partial charge in [0.1, 0.15) is 4.90 Å². The third kappa shape index (κ3) is 4.16. The normalized spacial score (nSPS) is 17.4. The molecule has 0 N–H and O–H groups in total. The minimum Gasteiger partial charge on any atom is -0.293 e. The third-order valence-electron chi connectivity index (χ3n) is 5.43. The number of hydrogen-bond donors (Lipinski definition) is 0. The first-order valence-electron chi connectivity index (χ1n) is 9.78. The van der Waals surface area contributed by atoms with Crippen LogP contribution in [0.3, 0.4) is 0 Å². The molecule has 0 atom stereocenters. The van der Waals surface area contributed by atoms with E-state index in [2.05, 4.69) is 11.1 Å². The molecule has 2 aromatic rings. The Morgan fingerprint density at radius 1 is 1.00 bits per heavy atom. The topological polar surface area (TPSA) is 67.3 Å². The van der Waals surface area contributed by atoms with E-state index >= 15 is 0 Å². The molecule has 0 amide bonds. The van der Waals surface area contributed by atoms with Gasteiger partial charge in [-0.3, -0.25) is 4.79 Å². The van der Waals surface area contributed by atoms with Crippen molar-refractivity contribution >= 4 is 27.6 Å². The van der Waals surface area contributed by atoms with Crippen molar-refractivity contribution in [2.24, 2.45) is 0 Å². The number of thioether (sulfide) groups is 1. The zero-order chi connectivity index (χ0) is 19.6. The van der Waals surface area contributed by atoms with E-state index in [1.54, 1.807) is 12.1 Å². The third-order valence-corrected chi connectivity index (χ3v) is 8.26. The lowest BCUT2D eigenvalue weighted by molar-refractivity contribution is 0.102. The van der Waals surface area contributed by atoms with Gasteiger partial charge in [0.05, 0.1) is 10.8 Å². The van der Waals surface area contributed by atoms with Crippen LogP contribution in [0.2, 0.25) is 0 Å². The lowest BCUT2D eigenvalue weighted by Crippen LogP contribution is -2.27. The fraction of sp³-hybridized carbons (Fsp3) is 0.429. The van der Waals surface area contributed by atoms with Crippen molar-refractivity contribution in [3.8, 4) is 0 Å². The Bertz CT molecular complexity index is 966. The average Bonchev–Trinajstić information content (AvgIpc) is 3.28. The largest absolute Gasteiger partial charge is 0.293 e. The van der Waals surface area contributed by atoms with Gasteiger partial charge in [0, 0.05) is 24.8 Å². The highest BCUT2D eigenvalue weighted by atomic mass is 32.2. The second kappa shape index (κ2) is 8.35. The van der Waals surface area contributed by atoms with Crippen molar-refractivity contribution in [3.05, 3.63) is 53.2 Å². The molecule has 5 nitrogen and oxygen atoms in total. The van der Waals surface area contributed by atoms with E-state index in [0.717, 1.165) is 31.2 Å². The maximum absolute atomic E-state index is 12.6. The van der Waals surface area contributed by atoms with E-state index in [0.29, 0.717) is 23.9 Å². The predicted octanol–water partition coefficient (Wildman–Crippen LogP) is 3.72. The monoisotopic (exact) mass is 416 g/mol. The van der Waals surface area contributed by atoms with E-state index in [1.807, 2.05) is 12.1 Å². The minimum absolute atomic E-state index is 0.0777. The summed E-state index contributed by atoms with van der Waals surface area (Å²) in [6.07, 6.45) is 7.80. The van der Waals surface area contributed by atoms with Gasteiger partial charge in [-0.25, -0.2) is 13.4 Å². The first-order chi connectivity index (χ1) is 13.5. The number of pyridine rings is 1. The summed E-state index contributed by atoms with van der Waals surface area (Å²) in [5.41, 5.74) is 3.42. The van der Waals surface area contributed by atoms with Crippen LogP contribution in [0.4, 0.5) is 0 Å². The first kappa shape index (κ1) is 19.6. The number of carbonyl (C=O) groups excluding carboxylic acids is 1. The molecular formula is C21H24N2O3S2. The molecule has 148 valence electrons. The number of benzene rings is 1. The molecule has 28 heavy (non-hydrogen) atoms. The molecule has 1 aliphatic heterocycles. The highest BCUT2D eigenvalue weighted by Gasteiger charge is 2.27. The standard InChI is InChI=1S/C21H24N2O3S2/c24-20(18-8-7-16-5-1-2-6-17(16)13-18)15-27-21-10-9-19(14-22-21)28(25,26)23-11-3-4-12-23/h7-10,13-14H,1-6,11-12,15H2. The van der Waals surface area contributed by atoms with Crippen molar-refractivity contribution in [2.75, 3.05) is 18.8 Å². The van der Waals surface area contributed by atoms with Gasteiger partial charge in [-0.15, -0.1) is 0 Å². The van der Waals surface area contributed by atoms with Crippen LogP contribution in [0.1, 0.15) is 47.2 Å². The summed E-state index contributed by atoms with van der Waals surface area (Å²) in [4.78, 5) is 17.0. The predicted molar refractivity (Wildman–Crippen MR) is 110 cm³/mol. The first-order valence-corrected chi connectivity index (χ1v) is 12.2. The summed E-state index contributed by atoms with van der Waals surface area (Å²) in [5, 5.41) is 0.659. The van der Waals surface area contributed by atoms with E-state index in [1.165, 1.54) is 46.2 Å².